The minimum absolute atomic E-state index is 0.0171. The van der Waals surface area contributed by atoms with Gasteiger partial charge in [-0.15, -0.1) is 0 Å². The van der Waals surface area contributed by atoms with Crippen LogP contribution in [-0.4, -0.2) is 66.1 Å². The molecule has 2 aromatic carbocycles. The number of ketones is 2. The summed E-state index contributed by atoms with van der Waals surface area (Å²) in [6, 6.07) is 11.6. The Morgan fingerprint density at radius 1 is 1.10 bits per heavy atom. The lowest BCUT2D eigenvalue weighted by atomic mass is 9.80. The van der Waals surface area contributed by atoms with Crippen molar-refractivity contribution in [2.24, 2.45) is 11.1 Å². The number of amides is 1. The van der Waals surface area contributed by atoms with Gasteiger partial charge in [-0.2, -0.15) is 0 Å². The largest absolute Gasteiger partial charge is 0.381 e. The van der Waals surface area contributed by atoms with Gasteiger partial charge >= 0.3 is 0 Å². The molecule has 11 heteroatoms. The molecule has 4 rings (SSSR count). The quantitative estimate of drug-likeness (QED) is 0.283. The number of aromatic nitrogens is 2. The summed E-state index contributed by atoms with van der Waals surface area (Å²) in [7, 11) is 3.00. The lowest BCUT2D eigenvalue weighted by Crippen LogP contribution is -2.42. The van der Waals surface area contributed by atoms with Gasteiger partial charge in [0.05, 0.1) is 11.2 Å². The zero-order chi connectivity index (χ0) is 29.0. The minimum atomic E-state index is -0.671. The Hall–Kier alpha value is -3.47. The molecule has 210 valence electrons. The topological polar surface area (TPSA) is 136 Å². The van der Waals surface area contributed by atoms with Crippen LogP contribution in [0.15, 0.2) is 58.6 Å². The van der Waals surface area contributed by atoms with Gasteiger partial charge in [0, 0.05) is 49.6 Å². The molecule has 1 aliphatic heterocycles. The van der Waals surface area contributed by atoms with Crippen LogP contribution in [0, 0.1) is 5.41 Å². The van der Waals surface area contributed by atoms with Gasteiger partial charge in [-0.25, -0.2) is 9.97 Å². The predicted molar refractivity (Wildman–Crippen MR) is 158 cm³/mol. The van der Waals surface area contributed by atoms with Crippen LogP contribution in [0.4, 0.5) is 11.6 Å². The van der Waals surface area contributed by atoms with E-state index in [-0.39, 0.29) is 23.2 Å². The predicted octanol–water partition coefficient (Wildman–Crippen LogP) is 4.12. The number of benzene rings is 2. The average molecular weight is 581 g/mol. The fourth-order valence-electron chi connectivity index (χ4n) is 4.40. The van der Waals surface area contributed by atoms with Crippen molar-refractivity contribution in [3.63, 3.8) is 0 Å². The molecule has 3 aromatic rings. The highest BCUT2D eigenvalue weighted by Gasteiger charge is 2.29. The highest BCUT2D eigenvalue weighted by atomic mass is 35.5. The first-order chi connectivity index (χ1) is 19.0. The van der Waals surface area contributed by atoms with E-state index in [1.165, 1.54) is 42.9 Å². The number of nitrogen functional groups attached to an aromatic ring is 1. The maximum absolute atomic E-state index is 13.1. The lowest BCUT2D eigenvalue weighted by molar-refractivity contribution is -0.124. The van der Waals surface area contributed by atoms with Crippen LogP contribution in [0.3, 0.4) is 0 Å². The number of likely N-dealkylation sites (N-methyl/N-ethyl adjacent to an activating group) is 1. The van der Waals surface area contributed by atoms with E-state index >= 15 is 0 Å². The Kier molecular flexibility index (Phi) is 9.12. The van der Waals surface area contributed by atoms with Crippen LogP contribution in [0.5, 0.6) is 0 Å². The van der Waals surface area contributed by atoms with E-state index in [2.05, 4.69) is 21.8 Å². The Balaban J connectivity index is 1.46. The highest BCUT2D eigenvalue weighted by Crippen LogP contribution is 2.38. The molecule has 4 N–H and O–H groups in total. The molecule has 40 heavy (non-hydrogen) atoms. The first-order valence-corrected chi connectivity index (χ1v) is 14.1. The third-order valence-electron chi connectivity index (χ3n) is 7.19. The molecular formula is C29H33ClN6O3S. The fraction of sp³-hybridized carbons (Fsp3) is 0.345. The van der Waals surface area contributed by atoms with Gasteiger partial charge in [0.25, 0.3) is 5.91 Å². The number of halogens is 1. The maximum atomic E-state index is 13.1. The number of Topliss-reactive ketones (excluding diaryl/α,β-unsaturated/α-hetero) is 2. The summed E-state index contributed by atoms with van der Waals surface area (Å²) in [5.74, 6) is -0.513. The summed E-state index contributed by atoms with van der Waals surface area (Å²) < 4.78 is 0. The normalized spacial score (nSPS) is 14.6. The van der Waals surface area contributed by atoms with Crippen molar-refractivity contribution in [3.05, 3.63) is 70.4 Å². The van der Waals surface area contributed by atoms with Gasteiger partial charge in [-0.05, 0) is 42.5 Å². The van der Waals surface area contributed by atoms with Crippen molar-refractivity contribution in [1.82, 2.24) is 14.9 Å². The van der Waals surface area contributed by atoms with Crippen LogP contribution in [0.2, 0.25) is 5.02 Å². The zero-order valence-corrected chi connectivity index (χ0v) is 24.4. The highest BCUT2D eigenvalue weighted by molar-refractivity contribution is 7.99. The minimum Gasteiger partial charge on any atom is -0.381 e. The molecule has 0 unspecified atom stereocenters. The molecule has 0 saturated carbocycles. The van der Waals surface area contributed by atoms with E-state index < -0.39 is 11.7 Å². The second kappa shape index (κ2) is 12.4. The average Bonchev–Trinajstić information content (AvgIpc) is 2.95. The molecule has 0 radical (unpaired) electrons. The second-order valence-corrected chi connectivity index (χ2v) is 11.9. The number of hydrogen-bond acceptors (Lipinski definition) is 9. The third kappa shape index (κ3) is 6.63. The molecule has 0 aliphatic carbocycles. The van der Waals surface area contributed by atoms with Crippen molar-refractivity contribution >= 4 is 52.5 Å². The maximum Gasteiger partial charge on any atom is 0.294 e. The molecule has 0 atom stereocenters. The molecule has 9 nitrogen and oxygen atoms in total. The number of carbonyl (C=O) groups excluding carboxylic acids is 3. The van der Waals surface area contributed by atoms with Crippen molar-refractivity contribution < 1.29 is 14.4 Å². The Morgan fingerprint density at radius 2 is 1.77 bits per heavy atom. The first-order valence-electron chi connectivity index (χ1n) is 12.9. The molecule has 0 spiro atoms. The van der Waals surface area contributed by atoms with E-state index in [0.717, 1.165) is 31.7 Å². The van der Waals surface area contributed by atoms with Gasteiger partial charge in [0.1, 0.15) is 10.8 Å². The first kappa shape index (κ1) is 29.5. The number of carbonyl (C=O) groups is 3. The number of anilines is 2. The van der Waals surface area contributed by atoms with E-state index in [9.17, 15) is 14.4 Å². The van der Waals surface area contributed by atoms with Crippen molar-refractivity contribution in [2.45, 2.75) is 36.1 Å². The second-order valence-electron chi connectivity index (χ2n) is 10.5. The number of nitrogens with two attached hydrogens (primary N) is 2. The van der Waals surface area contributed by atoms with E-state index in [4.69, 9.17) is 23.1 Å². The van der Waals surface area contributed by atoms with Crippen molar-refractivity contribution in [3.8, 4) is 0 Å². The lowest BCUT2D eigenvalue weighted by Gasteiger charge is -2.39. The molecule has 0 bridgehead atoms. The smallest absolute Gasteiger partial charge is 0.294 e. The molecule has 2 heterocycles. The van der Waals surface area contributed by atoms with Gasteiger partial charge in [0.2, 0.25) is 5.78 Å². The SMILES string of the molecule is CN(C)C(=O)C(=O)c1cccc(C(=O)Cc2cccc(Sc3ncc(N4CCC(C)(CN)CC4)nc3N)c2Cl)c1. The molecule has 1 aromatic heterocycles. The number of nitrogens with zero attached hydrogens (tertiary/aromatic N) is 4. The monoisotopic (exact) mass is 580 g/mol. The Labute approximate surface area is 243 Å². The van der Waals surface area contributed by atoms with Crippen LogP contribution < -0.4 is 16.4 Å². The molecule has 1 fully saturated rings. The standard InChI is InChI=1S/C29H33ClN6O3S/c1-29(17-31)10-12-36(13-11-29)23-16-33-27(26(32)34-23)40-22-9-5-7-19(24(22)30)15-21(37)18-6-4-8-20(14-18)25(38)28(39)35(2)3/h4-9,14,16H,10-13,15,17,31H2,1-3H3,(H2,32,34). The van der Waals surface area contributed by atoms with Crippen LogP contribution in [0.1, 0.15) is 46.0 Å². The van der Waals surface area contributed by atoms with Crippen molar-refractivity contribution in [1.29, 1.82) is 0 Å². The van der Waals surface area contributed by atoms with Crippen LogP contribution >= 0.6 is 23.4 Å². The van der Waals surface area contributed by atoms with Crippen LogP contribution in [-0.2, 0) is 11.2 Å². The Morgan fingerprint density at radius 3 is 2.42 bits per heavy atom. The van der Waals surface area contributed by atoms with Crippen LogP contribution in [0.25, 0.3) is 0 Å². The van der Waals surface area contributed by atoms with Crippen molar-refractivity contribution in [2.75, 3.05) is 44.4 Å². The number of hydrogen-bond donors (Lipinski definition) is 2. The van der Waals surface area contributed by atoms with Gasteiger partial charge < -0.3 is 21.3 Å². The number of piperidine rings is 1. The third-order valence-corrected chi connectivity index (χ3v) is 8.81. The summed E-state index contributed by atoms with van der Waals surface area (Å²) in [4.78, 5) is 50.8. The summed E-state index contributed by atoms with van der Waals surface area (Å²) in [5.41, 5.74) is 13.5. The van der Waals surface area contributed by atoms with E-state index in [0.29, 0.717) is 38.4 Å². The van der Waals surface area contributed by atoms with Gasteiger partial charge in [-0.1, -0.05) is 60.6 Å². The fourth-order valence-corrected chi connectivity index (χ4v) is 5.54. The Bertz CT molecular complexity index is 1440. The van der Waals surface area contributed by atoms with E-state index in [1.807, 2.05) is 12.1 Å². The van der Waals surface area contributed by atoms with Gasteiger partial charge in [0.15, 0.2) is 11.6 Å². The summed E-state index contributed by atoms with van der Waals surface area (Å²) >= 11 is 7.99. The molecule has 1 saturated heterocycles. The zero-order valence-electron chi connectivity index (χ0n) is 22.8. The summed E-state index contributed by atoms with van der Waals surface area (Å²) in [6.07, 6.45) is 3.71. The van der Waals surface area contributed by atoms with E-state index in [1.54, 1.807) is 24.4 Å². The van der Waals surface area contributed by atoms with Gasteiger partial charge in [-0.3, -0.25) is 14.4 Å². The summed E-state index contributed by atoms with van der Waals surface area (Å²) in [6.45, 7) is 4.57. The number of rotatable bonds is 9. The molecule has 1 amide bonds. The molecule has 1 aliphatic rings. The summed E-state index contributed by atoms with van der Waals surface area (Å²) in [5, 5.41) is 0.938. The molecular weight excluding hydrogens is 548 g/mol.